The molecule has 2 aromatic carbocycles. The Morgan fingerprint density at radius 1 is 1.10 bits per heavy atom. The third kappa shape index (κ3) is 4.58. The Labute approximate surface area is 170 Å². The fourth-order valence-electron chi connectivity index (χ4n) is 3.33. The standard InChI is InChI=1S/C22H26N2O5/c1-4-28-19(29-5-2)13-23-21(25)18-8-6-7-15-14-24(22(26)20(15)18)16-9-11-17(27-3)12-10-16/h6-12,19H,4-5,13-14H2,1-3H3,(H,23,25). The number of rotatable bonds is 9. The van der Waals surface area contributed by atoms with Crippen LogP contribution in [0.1, 0.15) is 40.1 Å². The van der Waals surface area contributed by atoms with Gasteiger partial charge in [0, 0.05) is 18.9 Å². The Morgan fingerprint density at radius 2 is 1.79 bits per heavy atom. The first-order valence-corrected chi connectivity index (χ1v) is 9.68. The van der Waals surface area contributed by atoms with Gasteiger partial charge in [-0.05, 0) is 49.7 Å². The summed E-state index contributed by atoms with van der Waals surface area (Å²) in [7, 11) is 1.60. The lowest BCUT2D eigenvalue weighted by Gasteiger charge is -2.18. The van der Waals surface area contributed by atoms with Crippen LogP contribution in [0.3, 0.4) is 0 Å². The summed E-state index contributed by atoms with van der Waals surface area (Å²) in [6.07, 6.45) is -0.516. The van der Waals surface area contributed by atoms with Crippen molar-refractivity contribution in [1.82, 2.24) is 5.32 Å². The van der Waals surface area contributed by atoms with Crippen LogP contribution >= 0.6 is 0 Å². The average Bonchev–Trinajstić information content (AvgIpc) is 3.09. The number of carbonyl (C=O) groups is 2. The van der Waals surface area contributed by atoms with E-state index in [1.165, 1.54) is 0 Å². The van der Waals surface area contributed by atoms with E-state index in [1.807, 2.05) is 32.0 Å². The predicted molar refractivity (Wildman–Crippen MR) is 109 cm³/mol. The number of hydrogen-bond acceptors (Lipinski definition) is 5. The van der Waals surface area contributed by atoms with Gasteiger partial charge in [0.15, 0.2) is 6.29 Å². The molecule has 29 heavy (non-hydrogen) atoms. The number of amides is 2. The summed E-state index contributed by atoms with van der Waals surface area (Å²) in [6, 6.07) is 12.6. The molecule has 0 unspecified atom stereocenters. The highest BCUT2D eigenvalue weighted by Gasteiger charge is 2.32. The summed E-state index contributed by atoms with van der Waals surface area (Å²) < 4.78 is 16.1. The summed E-state index contributed by atoms with van der Waals surface area (Å²) in [5.41, 5.74) is 2.37. The molecule has 0 saturated carbocycles. The van der Waals surface area contributed by atoms with Gasteiger partial charge in [-0.1, -0.05) is 12.1 Å². The number of hydrogen-bond donors (Lipinski definition) is 1. The van der Waals surface area contributed by atoms with Gasteiger partial charge in [-0.3, -0.25) is 9.59 Å². The molecule has 0 saturated heterocycles. The molecular weight excluding hydrogens is 372 g/mol. The van der Waals surface area contributed by atoms with Gasteiger partial charge in [0.2, 0.25) is 0 Å². The molecule has 0 aliphatic carbocycles. The lowest BCUT2D eigenvalue weighted by Crippen LogP contribution is -2.36. The van der Waals surface area contributed by atoms with Gasteiger partial charge in [-0.15, -0.1) is 0 Å². The monoisotopic (exact) mass is 398 g/mol. The maximum absolute atomic E-state index is 13.1. The molecule has 0 fully saturated rings. The number of ether oxygens (including phenoxy) is 3. The second kappa shape index (κ2) is 9.54. The maximum atomic E-state index is 13.1. The molecule has 7 heteroatoms. The van der Waals surface area contributed by atoms with E-state index in [-0.39, 0.29) is 18.4 Å². The molecule has 1 heterocycles. The van der Waals surface area contributed by atoms with Crippen LogP contribution in [0.2, 0.25) is 0 Å². The van der Waals surface area contributed by atoms with Gasteiger partial charge >= 0.3 is 0 Å². The van der Waals surface area contributed by atoms with E-state index in [9.17, 15) is 9.59 Å². The molecule has 0 atom stereocenters. The van der Waals surface area contributed by atoms with Crippen molar-refractivity contribution in [3.8, 4) is 5.75 Å². The maximum Gasteiger partial charge on any atom is 0.259 e. The van der Waals surface area contributed by atoms with E-state index in [2.05, 4.69) is 5.32 Å². The van der Waals surface area contributed by atoms with Crippen molar-refractivity contribution in [2.75, 3.05) is 31.8 Å². The highest BCUT2D eigenvalue weighted by Crippen LogP contribution is 2.31. The lowest BCUT2D eigenvalue weighted by molar-refractivity contribution is -0.131. The van der Waals surface area contributed by atoms with Crippen molar-refractivity contribution in [3.63, 3.8) is 0 Å². The Balaban J connectivity index is 1.77. The summed E-state index contributed by atoms with van der Waals surface area (Å²) in [6.45, 7) is 5.32. The van der Waals surface area contributed by atoms with Gasteiger partial charge in [0.25, 0.3) is 11.8 Å². The molecule has 2 amide bonds. The number of methoxy groups -OCH3 is 1. The smallest absolute Gasteiger partial charge is 0.259 e. The minimum Gasteiger partial charge on any atom is -0.497 e. The first-order chi connectivity index (χ1) is 14.1. The summed E-state index contributed by atoms with van der Waals surface area (Å²) >= 11 is 0. The van der Waals surface area contributed by atoms with Crippen LogP contribution in [0.4, 0.5) is 5.69 Å². The van der Waals surface area contributed by atoms with Gasteiger partial charge in [-0.25, -0.2) is 0 Å². The molecule has 1 aliphatic heterocycles. The van der Waals surface area contributed by atoms with Gasteiger partial charge < -0.3 is 24.4 Å². The summed E-state index contributed by atoms with van der Waals surface area (Å²) in [4.78, 5) is 27.5. The quantitative estimate of drug-likeness (QED) is 0.657. The number of nitrogens with one attached hydrogen (secondary N) is 1. The van der Waals surface area contributed by atoms with Crippen molar-refractivity contribution >= 4 is 17.5 Å². The lowest BCUT2D eigenvalue weighted by atomic mass is 10.0. The molecule has 0 spiro atoms. The average molecular weight is 398 g/mol. The van der Waals surface area contributed by atoms with Crippen molar-refractivity contribution in [1.29, 1.82) is 0 Å². The number of nitrogens with zero attached hydrogens (tertiary/aromatic N) is 1. The van der Waals surface area contributed by atoms with Crippen LogP contribution in [0.5, 0.6) is 5.75 Å². The molecule has 0 bridgehead atoms. The topological polar surface area (TPSA) is 77.1 Å². The molecule has 1 N–H and O–H groups in total. The van der Waals surface area contributed by atoms with E-state index in [4.69, 9.17) is 14.2 Å². The van der Waals surface area contributed by atoms with Crippen LogP contribution in [0.25, 0.3) is 0 Å². The minimum absolute atomic E-state index is 0.193. The zero-order valence-electron chi connectivity index (χ0n) is 16.9. The third-order valence-corrected chi connectivity index (χ3v) is 4.70. The Morgan fingerprint density at radius 3 is 2.41 bits per heavy atom. The predicted octanol–water partition coefficient (Wildman–Crippen LogP) is 2.98. The highest BCUT2D eigenvalue weighted by atomic mass is 16.7. The fourth-order valence-corrected chi connectivity index (χ4v) is 3.33. The molecule has 3 rings (SSSR count). The van der Waals surface area contributed by atoms with Gasteiger partial charge in [0.1, 0.15) is 5.75 Å². The first-order valence-electron chi connectivity index (χ1n) is 9.68. The number of fused-ring (bicyclic) bond motifs is 1. The Hall–Kier alpha value is -2.90. The van der Waals surface area contributed by atoms with E-state index < -0.39 is 6.29 Å². The number of carbonyl (C=O) groups excluding carboxylic acids is 2. The van der Waals surface area contributed by atoms with Crippen LogP contribution in [0.15, 0.2) is 42.5 Å². The van der Waals surface area contributed by atoms with Gasteiger partial charge in [-0.2, -0.15) is 0 Å². The summed E-state index contributed by atoms with van der Waals surface area (Å²) in [5, 5.41) is 2.81. The molecule has 7 nitrogen and oxygen atoms in total. The van der Waals surface area contributed by atoms with Crippen LogP contribution in [0, 0.1) is 0 Å². The highest BCUT2D eigenvalue weighted by molar-refractivity contribution is 6.16. The molecule has 0 radical (unpaired) electrons. The second-order valence-electron chi connectivity index (χ2n) is 6.48. The Bertz CT molecular complexity index is 860. The minimum atomic E-state index is -0.516. The fraction of sp³-hybridized carbons (Fsp3) is 0.364. The molecule has 2 aromatic rings. The molecular formula is C22H26N2O5. The normalized spacial score (nSPS) is 13.0. The number of anilines is 1. The van der Waals surface area contributed by atoms with Crippen LogP contribution < -0.4 is 15.0 Å². The van der Waals surface area contributed by atoms with E-state index in [0.717, 1.165) is 17.0 Å². The zero-order valence-corrected chi connectivity index (χ0v) is 16.9. The van der Waals surface area contributed by atoms with E-state index in [0.29, 0.717) is 30.9 Å². The van der Waals surface area contributed by atoms with Crippen LogP contribution in [-0.2, 0) is 16.0 Å². The van der Waals surface area contributed by atoms with E-state index >= 15 is 0 Å². The van der Waals surface area contributed by atoms with Crippen molar-refractivity contribution in [2.45, 2.75) is 26.7 Å². The first kappa shape index (κ1) is 20.8. The third-order valence-electron chi connectivity index (χ3n) is 4.70. The van der Waals surface area contributed by atoms with Crippen molar-refractivity contribution < 1.29 is 23.8 Å². The van der Waals surface area contributed by atoms with Gasteiger partial charge in [0.05, 0.1) is 31.3 Å². The van der Waals surface area contributed by atoms with Crippen molar-refractivity contribution in [3.05, 3.63) is 59.2 Å². The zero-order chi connectivity index (χ0) is 20.8. The number of benzene rings is 2. The molecule has 154 valence electrons. The largest absolute Gasteiger partial charge is 0.497 e. The van der Waals surface area contributed by atoms with Crippen LogP contribution in [-0.4, -0.2) is 45.0 Å². The Kier molecular flexibility index (Phi) is 6.85. The van der Waals surface area contributed by atoms with Crippen molar-refractivity contribution in [2.24, 2.45) is 0 Å². The van der Waals surface area contributed by atoms with E-state index in [1.54, 1.807) is 36.3 Å². The second-order valence-corrected chi connectivity index (χ2v) is 6.48. The molecule has 0 aromatic heterocycles. The summed E-state index contributed by atoms with van der Waals surface area (Å²) in [5.74, 6) is 0.203. The molecule has 1 aliphatic rings. The SMILES string of the molecule is CCOC(CNC(=O)c1cccc2c1C(=O)N(c1ccc(OC)cc1)C2)OCC.